The zero-order chi connectivity index (χ0) is 13.0. The van der Waals surface area contributed by atoms with Crippen molar-refractivity contribution < 1.29 is 4.74 Å². The highest BCUT2D eigenvalue weighted by Gasteiger charge is 2.27. The van der Waals surface area contributed by atoms with Gasteiger partial charge in [-0.15, -0.1) is 0 Å². The minimum Gasteiger partial charge on any atom is -0.464 e. The Hall–Kier alpha value is -0.750. The lowest BCUT2D eigenvalue weighted by Crippen LogP contribution is -2.27. The molecule has 1 aliphatic carbocycles. The third kappa shape index (κ3) is 3.38. The maximum absolute atomic E-state index is 5.85. The monoisotopic (exact) mass is 288 g/mol. The van der Waals surface area contributed by atoms with E-state index >= 15 is 0 Å². The predicted molar refractivity (Wildman–Crippen MR) is 74.6 cm³/mol. The van der Waals surface area contributed by atoms with E-state index in [1.807, 2.05) is 18.7 Å². The standard InChI is InChI=1S/C11H17ClN4OS/c1-3-17-11-15-9(12)14-10(16-11)13-7-5-4-6-8(7)18-2/h7-8H,3-6H2,1-2H3,(H,13,14,15,16). The normalized spacial score (nSPS) is 23.1. The van der Waals surface area contributed by atoms with Crippen LogP contribution in [0, 0.1) is 0 Å². The van der Waals surface area contributed by atoms with Crippen LogP contribution in [-0.4, -0.2) is 39.1 Å². The van der Waals surface area contributed by atoms with Crippen LogP contribution >= 0.6 is 23.4 Å². The van der Waals surface area contributed by atoms with Gasteiger partial charge in [0.2, 0.25) is 11.2 Å². The highest BCUT2D eigenvalue weighted by molar-refractivity contribution is 7.99. The van der Waals surface area contributed by atoms with Gasteiger partial charge in [-0.1, -0.05) is 6.42 Å². The number of rotatable bonds is 5. The van der Waals surface area contributed by atoms with E-state index in [4.69, 9.17) is 16.3 Å². The summed E-state index contributed by atoms with van der Waals surface area (Å²) in [7, 11) is 0. The Morgan fingerprint density at radius 1 is 1.39 bits per heavy atom. The number of nitrogens with zero attached hydrogens (tertiary/aromatic N) is 3. The average molecular weight is 289 g/mol. The molecular formula is C11H17ClN4OS. The van der Waals surface area contributed by atoms with Crippen LogP contribution in [0.25, 0.3) is 0 Å². The molecule has 0 radical (unpaired) electrons. The van der Waals surface area contributed by atoms with Crippen molar-refractivity contribution in [2.24, 2.45) is 0 Å². The Balaban J connectivity index is 2.08. The number of halogens is 1. The second kappa shape index (κ2) is 6.43. The van der Waals surface area contributed by atoms with Gasteiger partial charge in [-0.3, -0.25) is 0 Å². The van der Waals surface area contributed by atoms with Gasteiger partial charge in [-0.2, -0.15) is 26.7 Å². The van der Waals surface area contributed by atoms with E-state index in [1.165, 1.54) is 12.8 Å². The van der Waals surface area contributed by atoms with Gasteiger partial charge >= 0.3 is 6.01 Å². The first-order valence-electron chi connectivity index (χ1n) is 6.06. The zero-order valence-corrected chi connectivity index (χ0v) is 12.1. The maximum Gasteiger partial charge on any atom is 0.322 e. The molecule has 0 bridgehead atoms. The number of hydrogen-bond acceptors (Lipinski definition) is 6. The quantitative estimate of drug-likeness (QED) is 0.899. The van der Waals surface area contributed by atoms with Crippen LogP contribution in [0.15, 0.2) is 0 Å². The SMILES string of the molecule is CCOc1nc(Cl)nc(NC2CCCC2SC)n1. The Labute approximate surface area is 116 Å². The second-order valence-corrected chi connectivity index (χ2v) is 5.51. The number of nitrogens with one attached hydrogen (secondary N) is 1. The molecule has 0 aromatic carbocycles. The molecule has 18 heavy (non-hydrogen) atoms. The Kier molecular flexibility index (Phi) is 4.88. The number of ether oxygens (including phenoxy) is 1. The van der Waals surface area contributed by atoms with E-state index in [-0.39, 0.29) is 11.3 Å². The molecular weight excluding hydrogens is 272 g/mol. The number of anilines is 1. The maximum atomic E-state index is 5.85. The molecule has 100 valence electrons. The van der Waals surface area contributed by atoms with E-state index in [0.717, 1.165) is 6.42 Å². The summed E-state index contributed by atoms with van der Waals surface area (Å²) >= 11 is 7.73. The summed E-state index contributed by atoms with van der Waals surface area (Å²) in [4.78, 5) is 12.2. The van der Waals surface area contributed by atoms with Crippen molar-refractivity contribution in [3.8, 4) is 6.01 Å². The molecule has 2 rings (SSSR count). The van der Waals surface area contributed by atoms with Gasteiger partial charge in [-0.05, 0) is 37.6 Å². The molecule has 1 aliphatic rings. The first-order valence-corrected chi connectivity index (χ1v) is 7.73. The second-order valence-electron chi connectivity index (χ2n) is 4.10. The first-order chi connectivity index (χ1) is 8.72. The molecule has 0 spiro atoms. The van der Waals surface area contributed by atoms with Gasteiger partial charge in [0, 0.05) is 11.3 Å². The van der Waals surface area contributed by atoms with Crippen LogP contribution in [-0.2, 0) is 0 Å². The average Bonchev–Trinajstić information content (AvgIpc) is 2.76. The van der Waals surface area contributed by atoms with E-state index < -0.39 is 0 Å². The summed E-state index contributed by atoms with van der Waals surface area (Å²) < 4.78 is 5.25. The molecule has 2 unspecified atom stereocenters. The minimum atomic E-state index is 0.162. The molecule has 1 aromatic heterocycles. The van der Waals surface area contributed by atoms with Crippen LogP contribution in [0.3, 0.4) is 0 Å². The molecule has 7 heteroatoms. The largest absolute Gasteiger partial charge is 0.464 e. The lowest BCUT2D eigenvalue weighted by molar-refractivity contribution is 0.312. The van der Waals surface area contributed by atoms with Crippen LogP contribution in [0.5, 0.6) is 6.01 Å². The predicted octanol–water partition coefficient (Wildman–Crippen LogP) is 2.62. The Morgan fingerprint density at radius 2 is 2.22 bits per heavy atom. The summed E-state index contributed by atoms with van der Waals surface area (Å²) in [5.74, 6) is 0.504. The highest BCUT2D eigenvalue weighted by Crippen LogP contribution is 2.30. The van der Waals surface area contributed by atoms with Gasteiger partial charge in [0.25, 0.3) is 0 Å². The molecule has 2 atom stereocenters. The van der Waals surface area contributed by atoms with Crippen molar-refractivity contribution in [3.63, 3.8) is 0 Å². The van der Waals surface area contributed by atoms with Gasteiger partial charge < -0.3 is 10.1 Å². The van der Waals surface area contributed by atoms with Crippen LogP contribution in [0.1, 0.15) is 26.2 Å². The number of hydrogen-bond donors (Lipinski definition) is 1. The van der Waals surface area contributed by atoms with Crippen molar-refractivity contribution in [2.75, 3.05) is 18.2 Å². The molecule has 0 saturated heterocycles. The lowest BCUT2D eigenvalue weighted by Gasteiger charge is -2.19. The fourth-order valence-electron chi connectivity index (χ4n) is 2.13. The lowest BCUT2D eigenvalue weighted by atomic mass is 10.2. The van der Waals surface area contributed by atoms with Crippen molar-refractivity contribution >= 4 is 29.3 Å². The highest BCUT2D eigenvalue weighted by atomic mass is 35.5. The summed E-state index contributed by atoms with van der Waals surface area (Å²) in [5.41, 5.74) is 0. The van der Waals surface area contributed by atoms with Gasteiger partial charge in [0.15, 0.2) is 0 Å². The summed E-state index contributed by atoms with van der Waals surface area (Å²) in [6.07, 6.45) is 5.74. The summed E-state index contributed by atoms with van der Waals surface area (Å²) in [6, 6.07) is 0.673. The third-order valence-electron chi connectivity index (χ3n) is 2.93. The van der Waals surface area contributed by atoms with Crippen molar-refractivity contribution in [3.05, 3.63) is 5.28 Å². The molecule has 1 N–H and O–H groups in total. The molecule has 1 fully saturated rings. The smallest absolute Gasteiger partial charge is 0.322 e. The first kappa shape index (κ1) is 13.7. The van der Waals surface area contributed by atoms with E-state index in [1.54, 1.807) is 0 Å². The molecule has 1 saturated carbocycles. The minimum absolute atomic E-state index is 0.162. The van der Waals surface area contributed by atoms with E-state index in [0.29, 0.717) is 23.8 Å². The molecule has 1 heterocycles. The molecule has 0 aliphatic heterocycles. The van der Waals surface area contributed by atoms with Gasteiger partial charge in [-0.25, -0.2) is 0 Å². The van der Waals surface area contributed by atoms with Gasteiger partial charge in [0.05, 0.1) is 6.61 Å². The van der Waals surface area contributed by atoms with E-state index in [2.05, 4.69) is 26.5 Å². The molecule has 0 amide bonds. The molecule has 5 nitrogen and oxygen atoms in total. The fourth-order valence-corrected chi connectivity index (χ4v) is 3.22. The summed E-state index contributed by atoms with van der Waals surface area (Å²) in [5, 5.41) is 4.10. The van der Waals surface area contributed by atoms with E-state index in [9.17, 15) is 0 Å². The fraction of sp³-hybridized carbons (Fsp3) is 0.727. The van der Waals surface area contributed by atoms with Crippen molar-refractivity contribution in [2.45, 2.75) is 37.5 Å². The Bertz CT molecular complexity index is 407. The molecule has 1 aromatic rings. The summed E-state index contributed by atoms with van der Waals surface area (Å²) in [6.45, 7) is 2.39. The number of thioether (sulfide) groups is 1. The topological polar surface area (TPSA) is 59.9 Å². The van der Waals surface area contributed by atoms with Crippen molar-refractivity contribution in [1.82, 2.24) is 15.0 Å². The number of aromatic nitrogens is 3. The van der Waals surface area contributed by atoms with Crippen LogP contribution in [0.4, 0.5) is 5.95 Å². The van der Waals surface area contributed by atoms with Gasteiger partial charge in [0.1, 0.15) is 0 Å². The Morgan fingerprint density at radius 3 is 2.94 bits per heavy atom. The van der Waals surface area contributed by atoms with Crippen LogP contribution in [0.2, 0.25) is 5.28 Å². The zero-order valence-electron chi connectivity index (χ0n) is 10.5. The van der Waals surface area contributed by atoms with Crippen LogP contribution < -0.4 is 10.1 Å². The third-order valence-corrected chi connectivity index (χ3v) is 4.27. The van der Waals surface area contributed by atoms with Crippen molar-refractivity contribution in [1.29, 1.82) is 0 Å².